The number of benzene rings is 4. The van der Waals surface area contributed by atoms with Crippen molar-refractivity contribution in [3.05, 3.63) is 84.9 Å². The quantitative estimate of drug-likeness (QED) is 0.0222. The molecular weight excluding hydrogens is 837 g/mol. The van der Waals surface area contributed by atoms with Gasteiger partial charge in [-0.3, -0.25) is 19.2 Å². The standard InChI is InChI=1S/C24H31NO6.C14H15NO3.C12H22O4/c1-5-7-8-11-18(24(27)30-6-2)23(26)25-19-15-14-17(28-3)16-22(19)31-21-13-10-9-12-20(21)29-4;1-16-10-7-8-11(15)14(9-10)18-13-6-4-3-5-12(13)17-2;1-4-7-8-9-10(11(13)15-5-2)12(14)16-6-3/h9-10,12-16,18H,5-8,11H2,1-4H3,(H,25,26);3-9H,15H2,1-2H3;10H,4-9H2,1-3H3. The Morgan fingerprint density at radius 2 is 0.908 bits per heavy atom. The van der Waals surface area contributed by atoms with E-state index < -0.39 is 35.7 Å². The Morgan fingerprint density at radius 1 is 0.492 bits per heavy atom. The predicted octanol–water partition coefficient (Wildman–Crippen LogP) is 10.6. The van der Waals surface area contributed by atoms with Crippen molar-refractivity contribution in [2.24, 2.45) is 11.8 Å². The molecule has 0 aliphatic heterocycles. The Labute approximate surface area is 384 Å². The first-order chi connectivity index (χ1) is 31.4. The van der Waals surface area contributed by atoms with Gasteiger partial charge in [0.05, 0.1) is 59.6 Å². The highest BCUT2D eigenvalue weighted by Gasteiger charge is 2.30. The van der Waals surface area contributed by atoms with Crippen LogP contribution in [0.1, 0.15) is 86.0 Å². The average molecular weight is 905 g/mol. The van der Waals surface area contributed by atoms with Crippen LogP contribution in [0.2, 0.25) is 0 Å². The van der Waals surface area contributed by atoms with Gasteiger partial charge in [0.2, 0.25) is 5.91 Å². The van der Waals surface area contributed by atoms with Crippen LogP contribution in [0.25, 0.3) is 0 Å². The van der Waals surface area contributed by atoms with Crippen molar-refractivity contribution in [1.29, 1.82) is 0 Å². The Bertz CT molecular complexity index is 2020. The molecule has 4 aromatic rings. The van der Waals surface area contributed by atoms with E-state index in [1.54, 1.807) is 97.7 Å². The minimum absolute atomic E-state index is 0.223. The van der Waals surface area contributed by atoms with Gasteiger partial charge in [0, 0.05) is 12.1 Å². The van der Waals surface area contributed by atoms with Crippen LogP contribution < -0.4 is 39.5 Å². The summed E-state index contributed by atoms with van der Waals surface area (Å²) in [5.41, 5.74) is 6.82. The van der Waals surface area contributed by atoms with E-state index in [0.29, 0.717) is 83.4 Å². The van der Waals surface area contributed by atoms with Gasteiger partial charge >= 0.3 is 17.9 Å². The molecular formula is C50H68N2O13. The maximum absolute atomic E-state index is 13.0. The van der Waals surface area contributed by atoms with Gasteiger partial charge in [-0.2, -0.15) is 0 Å². The molecule has 3 N–H and O–H groups in total. The van der Waals surface area contributed by atoms with Crippen molar-refractivity contribution in [3.63, 3.8) is 0 Å². The summed E-state index contributed by atoms with van der Waals surface area (Å²) >= 11 is 0. The third-order valence-corrected chi connectivity index (χ3v) is 9.47. The van der Waals surface area contributed by atoms with Gasteiger partial charge in [0.25, 0.3) is 0 Å². The lowest BCUT2D eigenvalue weighted by molar-refractivity contribution is -0.162. The van der Waals surface area contributed by atoms with E-state index in [1.165, 1.54) is 0 Å². The molecule has 4 rings (SSSR count). The van der Waals surface area contributed by atoms with Gasteiger partial charge < -0.3 is 53.7 Å². The van der Waals surface area contributed by atoms with E-state index in [0.717, 1.165) is 38.5 Å². The van der Waals surface area contributed by atoms with Crippen molar-refractivity contribution < 1.29 is 61.8 Å². The molecule has 1 atom stereocenters. The number of amides is 1. The maximum Gasteiger partial charge on any atom is 0.320 e. The summed E-state index contributed by atoms with van der Waals surface area (Å²) in [7, 11) is 6.29. The lowest BCUT2D eigenvalue weighted by Gasteiger charge is -2.18. The molecule has 0 aliphatic carbocycles. The number of para-hydroxylation sites is 4. The fraction of sp³-hybridized carbons (Fsp3) is 0.440. The second-order valence-corrected chi connectivity index (χ2v) is 14.1. The number of nitrogens with one attached hydrogen (secondary N) is 1. The van der Waals surface area contributed by atoms with Crippen molar-refractivity contribution in [2.75, 3.05) is 59.3 Å². The summed E-state index contributed by atoms with van der Waals surface area (Å²) in [5.74, 6) is 0.966. The number of methoxy groups -OCH3 is 4. The minimum Gasteiger partial charge on any atom is -0.497 e. The fourth-order valence-corrected chi connectivity index (χ4v) is 6.02. The molecule has 0 bridgehead atoms. The van der Waals surface area contributed by atoms with E-state index in [9.17, 15) is 19.2 Å². The monoisotopic (exact) mass is 904 g/mol. The number of unbranched alkanes of at least 4 members (excludes halogenated alkanes) is 4. The molecule has 0 saturated carbocycles. The number of ether oxygens (including phenoxy) is 9. The Morgan fingerprint density at radius 3 is 1.35 bits per heavy atom. The number of anilines is 2. The third kappa shape index (κ3) is 18.9. The van der Waals surface area contributed by atoms with E-state index >= 15 is 0 Å². The Hall–Kier alpha value is -6.64. The summed E-state index contributed by atoms with van der Waals surface area (Å²) in [6, 6.07) is 24.9. The number of hydrogen-bond acceptors (Lipinski definition) is 14. The smallest absolute Gasteiger partial charge is 0.320 e. The van der Waals surface area contributed by atoms with Crippen LogP contribution in [-0.2, 0) is 33.4 Å². The second kappa shape index (κ2) is 31.2. The predicted molar refractivity (Wildman–Crippen MR) is 250 cm³/mol. The molecule has 0 spiro atoms. The number of rotatable bonds is 24. The van der Waals surface area contributed by atoms with Gasteiger partial charge in [0.15, 0.2) is 40.4 Å². The number of hydrogen-bond donors (Lipinski definition) is 2. The van der Waals surface area contributed by atoms with Crippen LogP contribution in [-0.4, -0.2) is 72.1 Å². The molecule has 1 unspecified atom stereocenters. The zero-order chi connectivity index (χ0) is 48.0. The number of nitrogens with two attached hydrogens (primary N) is 1. The number of carbonyl (C=O) groups excluding carboxylic acids is 4. The summed E-state index contributed by atoms with van der Waals surface area (Å²) < 4.78 is 47.6. The molecule has 356 valence electrons. The molecule has 15 heteroatoms. The first-order valence-electron chi connectivity index (χ1n) is 22.0. The first kappa shape index (κ1) is 54.5. The second-order valence-electron chi connectivity index (χ2n) is 14.1. The molecule has 0 fully saturated rings. The largest absolute Gasteiger partial charge is 0.497 e. The average Bonchev–Trinajstić information content (AvgIpc) is 3.31. The molecule has 15 nitrogen and oxygen atoms in total. The van der Waals surface area contributed by atoms with Crippen molar-refractivity contribution >= 4 is 35.2 Å². The van der Waals surface area contributed by atoms with E-state index in [-0.39, 0.29) is 6.61 Å². The van der Waals surface area contributed by atoms with Crippen LogP contribution >= 0.6 is 0 Å². The Kier molecular flexibility index (Phi) is 26.2. The molecule has 0 saturated heterocycles. The van der Waals surface area contributed by atoms with E-state index in [1.807, 2.05) is 36.4 Å². The molecule has 1 amide bonds. The molecule has 0 heterocycles. The van der Waals surface area contributed by atoms with Crippen LogP contribution in [0.15, 0.2) is 84.9 Å². The van der Waals surface area contributed by atoms with Gasteiger partial charge in [-0.25, -0.2) is 0 Å². The summed E-state index contributed by atoms with van der Waals surface area (Å²) in [5, 5.41) is 2.82. The topological polar surface area (TPSA) is 189 Å². The maximum atomic E-state index is 13.0. The van der Waals surface area contributed by atoms with Gasteiger partial charge in [0.1, 0.15) is 17.4 Å². The van der Waals surface area contributed by atoms with Crippen molar-refractivity contribution in [1.82, 2.24) is 0 Å². The molecule has 4 aromatic carbocycles. The first-order valence-corrected chi connectivity index (χ1v) is 22.0. The molecule has 0 aliphatic rings. The fourth-order valence-electron chi connectivity index (χ4n) is 6.02. The van der Waals surface area contributed by atoms with Crippen LogP contribution in [0, 0.1) is 11.8 Å². The zero-order valence-corrected chi connectivity index (χ0v) is 39.4. The van der Waals surface area contributed by atoms with Gasteiger partial charge in [-0.1, -0.05) is 76.6 Å². The van der Waals surface area contributed by atoms with Crippen molar-refractivity contribution in [2.45, 2.75) is 86.0 Å². The van der Waals surface area contributed by atoms with Crippen molar-refractivity contribution in [3.8, 4) is 46.0 Å². The normalized spacial score (nSPS) is 10.7. The van der Waals surface area contributed by atoms with Gasteiger partial charge in [-0.15, -0.1) is 0 Å². The Balaban J connectivity index is 0.000000363. The lowest BCUT2D eigenvalue weighted by atomic mass is 10.00. The highest BCUT2D eigenvalue weighted by atomic mass is 16.6. The van der Waals surface area contributed by atoms with Gasteiger partial charge in [-0.05, 0) is 82.1 Å². The zero-order valence-electron chi connectivity index (χ0n) is 39.4. The summed E-state index contributed by atoms with van der Waals surface area (Å²) in [6.07, 6.45) is 6.55. The number of nitrogen functional groups attached to an aromatic ring is 1. The minimum atomic E-state index is -0.882. The SMILES string of the molecule is CCCCCC(C(=O)Nc1ccc(OC)cc1Oc1ccccc1OC)C(=O)OCC.CCCCCC(C(=O)OCC)C(=O)OCC.COc1ccc(N)c(Oc2ccccc2OC)c1. The van der Waals surface area contributed by atoms with Crippen LogP contribution in [0.3, 0.4) is 0 Å². The van der Waals surface area contributed by atoms with E-state index in [4.69, 9.17) is 48.4 Å². The molecule has 65 heavy (non-hydrogen) atoms. The molecule has 0 aromatic heterocycles. The van der Waals surface area contributed by atoms with Crippen LogP contribution in [0.4, 0.5) is 11.4 Å². The number of carbonyl (C=O) groups is 4. The number of esters is 3. The van der Waals surface area contributed by atoms with E-state index in [2.05, 4.69) is 19.2 Å². The summed E-state index contributed by atoms with van der Waals surface area (Å²) in [4.78, 5) is 48.4. The van der Waals surface area contributed by atoms with Crippen LogP contribution in [0.5, 0.6) is 46.0 Å². The lowest BCUT2D eigenvalue weighted by Crippen LogP contribution is -2.31. The highest BCUT2D eigenvalue weighted by Crippen LogP contribution is 2.38. The summed E-state index contributed by atoms with van der Waals surface area (Å²) in [6.45, 7) is 10.1. The highest BCUT2D eigenvalue weighted by molar-refractivity contribution is 6.05. The third-order valence-electron chi connectivity index (χ3n) is 9.47. The molecule has 0 radical (unpaired) electrons.